The molecule has 1 atom stereocenters. The molecule has 1 aromatic heterocycles. The van der Waals surface area contributed by atoms with E-state index in [0.717, 1.165) is 48.9 Å². The quantitative estimate of drug-likeness (QED) is 0.374. The van der Waals surface area contributed by atoms with Gasteiger partial charge in [-0.1, -0.05) is 78.0 Å². The molecule has 7 nitrogen and oxygen atoms in total. The van der Waals surface area contributed by atoms with Crippen LogP contribution in [-0.4, -0.2) is 63.4 Å². The number of likely N-dealkylation sites (tertiary alicyclic amines) is 1. The molecule has 0 aliphatic carbocycles. The molecule has 0 saturated carbocycles. The van der Waals surface area contributed by atoms with Crippen LogP contribution >= 0.6 is 0 Å². The summed E-state index contributed by atoms with van der Waals surface area (Å²) < 4.78 is 1.36. The molecular formula is C30H31N5O2. The van der Waals surface area contributed by atoms with Crippen molar-refractivity contribution in [2.45, 2.75) is 31.7 Å². The predicted octanol–water partition coefficient (Wildman–Crippen LogP) is 5.38. The first kappa shape index (κ1) is 24.4. The number of nitrogens with zero attached hydrogens (tertiary/aromatic N) is 5. The lowest BCUT2D eigenvalue weighted by Gasteiger charge is -2.35. The van der Waals surface area contributed by atoms with E-state index in [1.807, 2.05) is 71.6 Å². The van der Waals surface area contributed by atoms with E-state index in [-0.39, 0.29) is 18.0 Å². The van der Waals surface area contributed by atoms with Crippen molar-refractivity contribution < 1.29 is 9.59 Å². The van der Waals surface area contributed by atoms with Crippen LogP contribution in [0.15, 0.2) is 85.1 Å². The van der Waals surface area contributed by atoms with Gasteiger partial charge in [0, 0.05) is 37.8 Å². The first-order chi connectivity index (χ1) is 18.0. The van der Waals surface area contributed by atoms with Crippen LogP contribution < -0.4 is 0 Å². The lowest BCUT2D eigenvalue weighted by atomic mass is 9.96. The molecule has 0 N–H and O–H groups in total. The first-order valence-electron chi connectivity index (χ1n) is 12.7. The number of carbonyl (C=O) groups excluding carboxylic acids is 2. The van der Waals surface area contributed by atoms with Gasteiger partial charge in [-0.3, -0.25) is 4.79 Å². The van der Waals surface area contributed by atoms with Crippen LogP contribution in [0.5, 0.6) is 0 Å². The number of hydrogen-bond donors (Lipinski definition) is 0. The highest BCUT2D eigenvalue weighted by atomic mass is 16.2. The lowest BCUT2D eigenvalue weighted by Crippen LogP contribution is -2.46. The van der Waals surface area contributed by atoms with Crippen molar-refractivity contribution in [1.82, 2.24) is 24.8 Å². The van der Waals surface area contributed by atoms with Gasteiger partial charge in [0.2, 0.25) is 0 Å². The van der Waals surface area contributed by atoms with Gasteiger partial charge >= 0.3 is 6.03 Å². The van der Waals surface area contributed by atoms with Crippen LogP contribution in [0, 0.1) is 0 Å². The highest BCUT2D eigenvalue weighted by Gasteiger charge is 2.28. The third kappa shape index (κ3) is 5.31. The van der Waals surface area contributed by atoms with E-state index in [1.165, 1.54) is 10.2 Å². The number of hydrogen-bond acceptors (Lipinski definition) is 4. The van der Waals surface area contributed by atoms with E-state index in [4.69, 9.17) is 0 Å². The van der Waals surface area contributed by atoms with Gasteiger partial charge in [0.25, 0.3) is 5.91 Å². The van der Waals surface area contributed by atoms with E-state index in [9.17, 15) is 9.59 Å². The summed E-state index contributed by atoms with van der Waals surface area (Å²) in [4.78, 5) is 29.5. The topological polar surface area (TPSA) is 71.3 Å². The molecular weight excluding hydrogens is 462 g/mol. The van der Waals surface area contributed by atoms with Crippen LogP contribution in [0.4, 0.5) is 4.79 Å². The fourth-order valence-corrected chi connectivity index (χ4v) is 4.95. The van der Waals surface area contributed by atoms with Crippen LogP contribution in [0.3, 0.4) is 0 Å². The summed E-state index contributed by atoms with van der Waals surface area (Å²) in [6.45, 7) is 0.727. The smallest absolute Gasteiger partial charge is 0.345 e. The summed E-state index contributed by atoms with van der Waals surface area (Å²) in [5.41, 5.74) is 5.20. The Morgan fingerprint density at radius 2 is 1.59 bits per heavy atom. The summed E-state index contributed by atoms with van der Waals surface area (Å²) in [6.07, 6.45) is 5.65. The third-order valence-electron chi connectivity index (χ3n) is 6.93. The SMILES string of the molecule is CN(C)C(=O)c1ccccc1-c1ccc(-c2cn(C(=O)N3CCCCC3Cc3ccccc3)nn2)cc1. The zero-order valence-electron chi connectivity index (χ0n) is 21.2. The average Bonchev–Trinajstić information content (AvgIpc) is 3.44. The molecule has 1 unspecified atom stereocenters. The van der Waals surface area contributed by atoms with Gasteiger partial charge in [0.05, 0.1) is 6.20 Å². The van der Waals surface area contributed by atoms with Crippen LogP contribution in [-0.2, 0) is 6.42 Å². The predicted molar refractivity (Wildman–Crippen MR) is 144 cm³/mol. The molecule has 0 radical (unpaired) electrons. The highest BCUT2D eigenvalue weighted by molar-refractivity contribution is 6.00. The van der Waals surface area contributed by atoms with Gasteiger partial charge in [-0.15, -0.1) is 5.10 Å². The average molecular weight is 494 g/mol. The molecule has 0 spiro atoms. The van der Waals surface area contributed by atoms with E-state index in [1.54, 1.807) is 25.2 Å². The van der Waals surface area contributed by atoms with Gasteiger partial charge in [0.15, 0.2) is 0 Å². The Hall–Kier alpha value is -4.26. The van der Waals surface area contributed by atoms with Crippen molar-refractivity contribution in [2.75, 3.05) is 20.6 Å². The van der Waals surface area contributed by atoms with Gasteiger partial charge in [0.1, 0.15) is 5.69 Å². The summed E-state index contributed by atoms with van der Waals surface area (Å²) in [5, 5.41) is 8.46. The Bertz CT molecular complexity index is 1380. The number of aromatic nitrogens is 3. The Kier molecular flexibility index (Phi) is 7.12. The second kappa shape index (κ2) is 10.8. The van der Waals surface area contributed by atoms with E-state index in [0.29, 0.717) is 11.3 Å². The molecule has 4 aromatic rings. The standard InChI is InChI=1S/C30H31N5O2/c1-33(2)29(36)27-14-7-6-13-26(27)23-15-17-24(18-16-23)28-21-35(32-31-28)30(37)34-19-9-8-12-25(34)20-22-10-4-3-5-11-22/h3-7,10-11,13-18,21,25H,8-9,12,19-20H2,1-2H3. The fraction of sp³-hybridized carbons (Fsp3) is 0.267. The molecule has 37 heavy (non-hydrogen) atoms. The van der Waals surface area contributed by atoms with Crippen molar-refractivity contribution in [3.05, 3.63) is 96.2 Å². The maximum Gasteiger partial charge on any atom is 0.346 e. The summed E-state index contributed by atoms with van der Waals surface area (Å²) >= 11 is 0. The van der Waals surface area contributed by atoms with Crippen molar-refractivity contribution >= 4 is 11.9 Å². The normalized spacial score (nSPS) is 15.4. The molecule has 5 rings (SSSR count). The number of carbonyl (C=O) groups is 2. The zero-order chi connectivity index (χ0) is 25.8. The molecule has 1 aliphatic rings. The van der Waals surface area contributed by atoms with Crippen LogP contribution in [0.1, 0.15) is 35.2 Å². The first-order valence-corrected chi connectivity index (χ1v) is 12.7. The summed E-state index contributed by atoms with van der Waals surface area (Å²) in [5.74, 6) is -0.0376. The fourth-order valence-electron chi connectivity index (χ4n) is 4.95. The largest absolute Gasteiger partial charge is 0.346 e. The monoisotopic (exact) mass is 493 g/mol. The van der Waals surface area contributed by atoms with Crippen molar-refractivity contribution in [2.24, 2.45) is 0 Å². The van der Waals surface area contributed by atoms with E-state index in [2.05, 4.69) is 22.4 Å². The molecule has 1 fully saturated rings. The van der Waals surface area contributed by atoms with Crippen molar-refractivity contribution in [1.29, 1.82) is 0 Å². The third-order valence-corrected chi connectivity index (χ3v) is 6.93. The molecule has 1 aliphatic heterocycles. The molecule has 2 heterocycles. The van der Waals surface area contributed by atoms with Crippen LogP contribution in [0.2, 0.25) is 0 Å². The maximum absolute atomic E-state index is 13.4. The molecule has 2 amide bonds. The lowest BCUT2D eigenvalue weighted by molar-refractivity contribution is 0.0828. The number of piperidine rings is 1. The van der Waals surface area contributed by atoms with E-state index >= 15 is 0 Å². The van der Waals surface area contributed by atoms with Gasteiger partial charge in [-0.2, -0.15) is 4.68 Å². The molecule has 7 heteroatoms. The number of rotatable bonds is 5. The molecule has 3 aromatic carbocycles. The van der Waals surface area contributed by atoms with Crippen molar-refractivity contribution in [3.8, 4) is 22.4 Å². The Morgan fingerprint density at radius 3 is 2.35 bits per heavy atom. The van der Waals surface area contributed by atoms with E-state index < -0.39 is 0 Å². The molecule has 188 valence electrons. The summed E-state index contributed by atoms with van der Waals surface area (Å²) in [6, 6.07) is 25.8. The van der Waals surface area contributed by atoms with Gasteiger partial charge in [-0.05, 0) is 48.4 Å². The minimum Gasteiger partial charge on any atom is -0.345 e. The number of benzene rings is 3. The highest BCUT2D eigenvalue weighted by Crippen LogP contribution is 2.28. The minimum atomic E-state index is -0.132. The second-order valence-corrected chi connectivity index (χ2v) is 9.69. The minimum absolute atomic E-state index is 0.0376. The Labute approximate surface area is 217 Å². The van der Waals surface area contributed by atoms with Crippen LogP contribution in [0.25, 0.3) is 22.4 Å². The Balaban J connectivity index is 1.34. The number of amides is 2. The maximum atomic E-state index is 13.4. The Morgan fingerprint density at radius 1 is 0.892 bits per heavy atom. The summed E-state index contributed by atoms with van der Waals surface area (Å²) in [7, 11) is 3.50. The molecule has 0 bridgehead atoms. The van der Waals surface area contributed by atoms with Gasteiger partial charge in [-0.25, -0.2) is 4.79 Å². The van der Waals surface area contributed by atoms with Gasteiger partial charge < -0.3 is 9.80 Å². The van der Waals surface area contributed by atoms with Crippen molar-refractivity contribution in [3.63, 3.8) is 0 Å². The zero-order valence-corrected chi connectivity index (χ0v) is 21.2. The molecule has 1 saturated heterocycles. The second-order valence-electron chi connectivity index (χ2n) is 9.69.